The first-order valence-electron chi connectivity index (χ1n) is 11.6. The summed E-state index contributed by atoms with van der Waals surface area (Å²) >= 11 is 0. The van der Waals surface area contributed by atoms with Crippen molar-refractivity contribution in [3.05, 3.63) is 71.2 Å². The van der Waals surface area contributed by atoms with Crippen LogP contribution in [-0.2, 0) is 17.4 Å². The minimum Gasteiger partial charge on any atom is -0.367 e. The highest BCUT2D eigenvalue weighted by Crippen LogP contribution is 2.59. The fraction of sp³-hybridized carbons (Fsp3) is 0.440. The maximum atomic E-state index is 12.9. The van der Waals surface area contributed by atoms with Crippen molar-refractivity contribution in [2.75, 3.05) is 26.2 Å². The van der Waals surface area contributed by atoms with Gasteiger partial charge in [0, 0.05) is 38.2 Å². The average molecular weight is 473 g/mol. The lowest BCUT2D eigenvalue weighted by molar-refractivity contribution is -0.138. The number of halogens is 3. The number of carbonyl (C=O) groups is 2. The van der Waals surface area contributed by atoms with E-state index in [2.05, 4.69) is 10.6 Å². The molecule has 1 spiro atoms. The van der Waals surface area contributed by atoms with Gasteiger partial charge in [0.15, 0.2) is 0 Å². The average Bonchev–Trinajstić information content (AvgIpc) is 3.29. The molecule has 1 saturated carbocycles. The third-order valence-corrected chi connectivity index (χ3v) is 7.46. The van der Waals surface area contributed by atoms with E-state index in [-0.39, 0.29) is 23.8 Å². The molecule has 180 valence electrons. The van der Waals surface area contributed by atoms with Crippen LogP contribution in [0.5, 0.6) is 0 Å². The third-order valence-electron chi connectivity index (χ3n) is 7.46. The standard InChI is InChI=1S/C25H27F3N4O2/c26-25(27,28)20-3-1-2-17(10-20)11-22(33)31-8-5-24(6-9-31)12-21(24)14-30-23(34)32-15-18-4-7-29-13-19(18)16-32/h1-4,7,10,13,15,21,29H,5-6,8-9,11-12,14,16H2,(H,30,34). The molecule has 2 fully saturated rings. The van der Waals surface area contributed by atoms with Gasteiger partial charge in [0.1, 0.15) is 0 Å². The quantitative estimate of drug-likeness (QED) is 0.701. The van der Waals surface area contributed by atoms with E-state index >= 15 is 0 Å². The molecule has 0 radical (unpaired) electrons. The Hall–Kier alpha value is -3.23. The lowest BCUT2D eigenvalue weighted by Crippen LogP contribution is -2.41. The number of allylic oxidation sites excluding steroid dienone is 1. The van der Waals surface area contributed by atoms with Gasteiger partial charge in [0.2, 0.25) is 5.91 Å². The van der Waals surface area contributed by atoms with Crippen LogP contribution in [0.2, 0.25) is 0 Å². The molecule has 3 heterocycles. The number of piperidine rings is 1. The van der Waals surface area contributed by atoms with Gasteiger partial charge in [-0.3, -0.25) is 9.69 Å². The molecule has 5 rings (SSSR count). The van der Waals surface area contributed by atoms with Crippen LogP contribution in [0.15, 0.2) is 60.1 Å². The second-order valence-electron chi connectivity index (χ2n) is 9.59. The Kier molecular flexibility index (Phi) is 5.65. The number of likely N-dealkylation sites (tertiary alicyclic amines) is 1. The number of dihydropyridines is 1. The summed E-state index contributed by atoms with van der Waals surface area (Å²) in [4.78, 5) is 28.7. The van der Waals surface area contributed by atoms with Crippen molar-refractivity contribution in [2.24, 2.45) is 11.3 Å². The van der Waals surface area contributed by atoms with Crippen molar-refractivity contribution < 1.29 is 22.8 Å². The second-order valence-corrected chi connectivity index (χ2v) is 9.59. The zero-order chi connectivity index (χ0) is 23.9. The largest absolute Gasteiger partial charge is 0.416 e. The summed E-state index contributed by atoms with van der Waals surface area (Å²) in [6.07, 6.45) is 5.85. The van der Waals surface area contributed by atoms with Crippen LogP contribution in [0.1, 0.15) is 30.4 Å². The smallest absolute Gasteiger partial charge is 0.367 e. The first-order valence-corrected chi connectivity index (χ1v) is 11.6. The second kappa shape index (κ2) is 8.52. The minimum atomic E-state index is -4.41. The van der Waals surface area contributed by atoms with E-state index in [1.54, 1.807) is 15.9 Å². The number of fused-ring (bicyclic) bond motifs is 1. The molecule has 9 heteroatoms. The fourth-order valence-corrected chi connectivity index (χ4v) is 5.26. The van der Waals surface area contributed by atoms with Crippen molar-refractivity contribution in [2.45, 2.75) is 31.9 Å². The number of amides is 3. The predicted molar refractivity (Wildman–Crippen MR) is 120 cm³/mol. The van der Waals surface area contributed by atoms with E-state index in [1.807, 2.05) is 24.7 Å². The number of carbonyl (C=O) groups excluding carboxylic acids is 2. The van der Waals surface area contributed by atoms with E-state index in [0.29, 0.717) is 37.7 Å². The van der Waals surface area contributed by atoms with Crippen LogP contribution in [0.25, 0.3) is 0 Å². The van der Waals surface area contributed by atoms with E-state index < -0.39 is 11.7 Å². The van der Waals surface area contributed by atoms with Gasteiger partial charge >= 0.3 is 12.2 Å². The number of nitrogens with one attached hydrogen (secondary N) is 2. The Bertz CT molecular complexity index is 1080. The molecule has 1 aromatic carbocycles. The number of nitrogens with zero attached hydrogens (tertiary/aromatic N) is 2. The normalized spacial score (nSPS) is 22.6. The number of rotatable bonds is 4. The van der Waals surface area contributed by atoms with Crippen molar-refractivity contribution in [1.82, 2.24) is 20.4 Å². The Labute approximate surface area is 196 Å². The van der Waals surface area contributed by atoms with Crippen LogP contribution >= 0.6 is 0 Å². The van der Waals surface area contributed by atoms with Crippen LogP contribution in [0.4, 0.5) is 18.0 Å². The van der Waals surface area contributed by atoms with Gasteiger partial charge in [0.05, 0.1) is 18.5 Å². The van der Waals surface area contributed by atoms with Crippen molar-refractivity contribution >= 4 is 11.9 Å². The summed E-state index contributed by atoms with van der Waals surface area (Å²) in [5, 5.41) is 6.08. The first kappa shape index (κ1) is 22.6. The summed E-state index contributed by atoms with van der Waals surface area (Å²) in [6, 6.07) is 4.87. The van der Waals surface area contributed by atoms with Crippen molar-refractivity contribution in [3.63, 3.8) is 0 Å². The molecular weight excluding hydrogens is 445 g/mol. The molecule has 6 nitrogen and oxygen atoms in total. The van der Waals surface area contributed by atoms with E-state index in [9.17, 15) is 22.8 Å². The van der Waals surface area contributed by atoms with E-state index in [0.717, 1.165) is 42.5 Å². The van der Waals surface area contributed by atoms with E-state index in [1.165, 1.54) is 6.07 Å². The summed E-state index contributed by atoms with van der Waals surface area (Å²) in [7, 11) is 0. The monoisotopic (exact) mass is 472 g/mol. The zero-order valence-electron chi connectivity index (χ0n) is 18.7. The molecule has 3 amide bonds. The maximum Gasteiger partial charge on any atom is 0.416 e. The molecule has 0 bridgehead atoms. The number of hydrogen-bond acceptors (Lipinski definition) is 3. The summed E-state index contributed by atoms with van der Waals surface area (Å²) < 4.78 is 38.8. The van der Waals surface area contributed by atoms with Crippen molar-refractivity contribution in [1.29, 1.82) is 0 Å². The topological polar surface area (TPSA) is 64.7 Å². The van der Waals surface area contributed by atoms with Gasteiger partial charge in [-0.25, -0.2) is 4.79 Å². The SMILES string of the molecule is O=C(NCC1CC12CCN(C(=O)Cc1cccc(C(F)(F)F)c1)CC2)N1C=C2C=CNC=C2C1. The zero-order valence-corrected chi connectivity index (χ0v) is 18.7. The van der Waals surface area contributed by atoms with Crippen LogP contribution in [0.3, 0.4) is 0 Å². The molecule has 34 heavy (non-hydrogen) atoms. The first-order chi connectivity index (χ1) is 16.2. The molecule has 1 saturated heterocycles. The number of alkyl halides is 3. The molecule has 3 aliphatic heterocycles. The summed E-state index contributed by atoms with van der Waals surface area (Å²) in [5.74, 6) is 0.261. The molecule has 1 aromatic rings. The molecule has 0 aromatic heterocycles. The summed E-state index contributed by atoms with van der Waals surface area (Å²) in [6.45, 7) is 2.38. The highest BCUT2D eigenvalue weighted by Gasteiger charge is 2.54. The molecule has 1 atom stereocenters. The molecular formula is C25H27F3N4O2. The number of benzene rings is 1. The van der Waals surface area contributed by atoms with Crippen LogP contribution in [-0.4, -0.2) is 47.9 Å². The Morgan fingerprint density at radius 2 is 2.00 bits per heavy atom. The summed E-state index contributed by atoms with van der Waals surface area (Å²) in [5.41, 5.74) is 1.94. The van der Waals surface area contributed by atoms with Gasteiger partial charge in [-0.1, -0.05) is 18.2 Å². The fourth-order valence-electron chi connectivity index (χ4n) is 5.26. The number of urea groups is 1. The predicted octanol–water partition coefficient (Wildman–Crippen LogP) is 3.79. The highest BCUT2D eigenvalue weighted by atomic mass is 19.4. The Morgan fingerprint density at radius 1 is 1.21 bits per heavy atom. The molecule has 4 aliphatic rings. The lowest BCUT2D eigenvalue weighted by atomic mass is 9.90. The van der Waals surface area contributed by atoms with Crippen LogP contribution in [0, 0.1) is 11.3 Å². The van der Waals surface area contributed by atoms with Gasteiger partial charge in [-0.05, 0) is 59.4 Å². The van der Waals surface area contributed by atoms with Gasteiger partial charge in [-0.2, -0.15) is 13.2 Å². The van der Waals surface area contributed by atoms with Crippen LogP contribution < -0.4 is 10.6 Å². The Morgan fingerprint density at radius 3 is 2.74 bits per heavy atom. The highest BCUT2D eigenvalue weighted by molar-refractivity contribution is 5.79. The van der Waals surface area contributed by atoms with Gasteiger partial charge < -0.3 is 15.5 Å². The lowest BCUT2D eigenvalue weighted by Gasteiger charge is -2.33. The van der Waals surface area contributed by atoms with Gasteiger partial charge in [-0.15, -0.1) is 0 Å². The third kappa shape index (κ3) is 4.56. The van der Waals surface area contributed by atoms with Crippen molar-refractivity contribution in [3.8, 4) is 0 Å². The van der Waals surface area contributed by atoms with E-state index in [4.69, 9.17) is 0 Å². The Balaban J connectivity index is 1.08. The molecule has 1 aliphatic carbocycles. The molecule has 1 unspecified atom stereocenters. The minimum absolute atomic E-state index is 0.0249. The number of hydrogen-bond donors (Lipinski definition) is 2. The molecule has 2 N–H and O–H groups in total. The van der Waals surface area contributed by atoms with Gasteiger partial charge in [0.25, 0.3) is 0 Å². The maximum absolute atomic E-state index is 12.9.